The van der Waals surface area contributed by atoms with E-state index in [2.05, 4.69) is 10.3 Å². The van der Waals surface area contributed by atoms with Gasteiger partial charge >= 0.3 is 0 Å². The summed E-state index contributed by atoms with van der Waals surface area (Å²) in [5.74, 6) is -0.235. The van der Waals surface area contributed by atoms with Crippen molar-refractivity contribution in [2.75, 3.05) is 5.32 Å². The number of benzene rings is 2. The number of hydrogen-bond donors (Lipinski definition) is 1. The molecule has 0 atom stereocenters. The number of nitrogens with zero attached hydrogens (tertiary/aromatic N) is 2. The third kappa shape index (κ3) is 1.66. The number of aromatic nitrogens is 2. The Bertz CT molecular complexity index is 1280. The average molecular weight is 333 g/mol. The number of imidazole rings is 1. The molecule has 2 aromatic carbocycles. The lowest BCUT2D eigenvalue weighted by Gasteiger charge is -1.98. The van der Waals surface area contributed by atoms with Gasteiger partial charge in [0.15, 0.2) is 4.96 Å². The number of nitrogens with one attached hydrogen (secondary N) is 1. The molecule has 1 N–H and O–H groups in total. The largest absolute Gasteiger partial charge is 0.321 e. The van der Waals surface area contributed by atoms with Gasteiger partial charge in [0.05, 0.1) is 16.6 Å². The fourth-order valence-electron chi connectivity index (χ4n) is 3.17. The van der Waals surface area contributed by atoms with Crippen LogP contribution in [0.4, 0.5) is 5.69 Å². The minimum absolute atomic E-state index is 0.191. The van der Waals surface area contributed by atoms with Crippen molar-refractivity contribution in [3.63, 3.8) is 0 Å². The Labute approximate surface area is 139 Å². The second-order valence-electron chi connectivity index (χ2n) is 5.83. The van der Waals surface area contributed by atoms with Crippen LogP contribution in [-0.2, 0) is 4.79 Å². The third-order valence-corrected chi connectivity index (χ3v) is 5.31. The zero-order valence-corrected chi connectivity index (χ0v) is 13.5. The van der Waals surface area contributed by atoms with E-state index in [1.54, 1.807) is 4.40 Å². The number of carbonyl (C=O) groups excluding carboxylic acids is 1. The van der Waals surface area contributed by atoms with Crippen LogP contribution in [0.1, 0.15) is 11.1 Å². The fourth-order valence-corrected chi connectivity index (χ4v) is 4.25. The molecule has 6 heteroatoms. The Morgan fingerprint density at radius 3 is 2.83 bits per heavy atom. The Morgan fingerprint density at radius 2 is 1.96 bits per heavy atom. The van der Waals surface area contributed by atoms with Crippen molar-refractivity contribution in [2.24, 2.45) is 0 Å². The summed E-state index contributed by atoms with van der Waals surface area (Å²) in [6, 6.07) is 13.3. The highest BCUT2D eigenvalue weighted by Crippen LogP contribution is 2.31. The highest BCUT2D eigenvalue weighted by atomic mass is 32.1. The van der Waals surface area contributed by atoms with Gasteiger partial charge < -0.3 is 5.32 Å². The summed E-state index contributed by atoms with van der Waals surface area (Å²) in [7, 11) is 0. The molecule has 0 saturated carbocycles. The van der Waals surface area contributed by atoms with E-state index < -0.39 is 0 Å². The lowest BCUT2D eigenvalue weighted by Crippen LogP contribution is -2.27. The maximum Gasteiger partial charge on any atom is 0.275 e. The number of hydrogen-bond acceptors (Lipinski definition) is 4. The number of amides is 1. The molecule has 1 aliphatic heterocycles. The van der Waals surface area contributed by atoms with Crippen molar-refractivity contribution in [1.29, 1.82) is 0 Å². The first-order chi connectivity index (χ1) is 11.6. The summed E-state index contributed by atoms with van der Waals surface area (Å²) in [5.41, 5.74) is 4.37. The molecule has 4 aromatic rings. The van der Waals surface area contributed by atoms with E-state index in [4.69, 9.17) is 0 Å². The standard InChI is InChI=1S/C18H11N3O2S/c1-9-6-7-11-10(8-9)14(16(22)19-11)15-17(23)21-13-5-3-2-4-12(13)20-18(21)24-15/h2-8H,1H3,(H,19,22)/b15-14-. The second-order valence-corrected chi connectivity index (χ2v) is 6.81. The van der Waals surface area contributed by atoms with Gasteiger partial charge in [0.1, 0.15) is 4.53 Å². The smallest absolute Gasteiger partial charge is 0.275 e. The molecule has 0 saturated heterocycles. The van der Waals surface area contributed by atoms with Crippen LogP contribution in [-0.4, -0.2) is 15.3 Å². The molecule has 5 rings (SSSR count). The molecule has 0 fully saturated rings. The van der Waals surface area contributed by atoms with Gasteiger partial charge in [-0.05, 0) is 31.2 Å². The maximum absolute atomic E-state index is 13.0. The Hall–Kier alpha value is -2.99. The Morgan fingerprint density at radius 1 is 1.12 bits per heavy atom. The minimum atomic E-state index is -0.235. The van der Waals surface area contributed by atoms with E-state index in [9.17, 15) is 9.59 Å². The van der Waals surface area contributed by atoms with Gasteiger partial charge in [-0.3, -0.25) is 9.59 Å². The molecule has 0 aliphatic carbocycles. The summed E-state index contributed by atoms with van der Waals surface area (Å²) < 4.78 is 2.02. The van der Waals surface area contributed by atoms with Crippen LogP contribution in [0.25, 0.3) is 21.6 Å². The molecule has 1 amide bonds. The normalized spacial score (nSPS) is 16.0. The van der Waals surface area contributed by atoms with Crippen molar-refractivity contribution in [3.8, 4) is 0 Å². The Balaban J connectivity index is 1.95. The molecule has 5 nitrogen and oxygen atoms in total. The van der Waals surface area contributed by atoms with Gasteiger partial charge in [-0.25, -0.2) is 9.38 Å². The fraction of sp³-hybridized carbons (Fsp3) is 0.0556. The maximum atomic E-state index is 13.0. The van der Waals surface area contributed by atoms with Crippen molar-refractivity contribution in [2.45, 2.75) is 6.92 Å². The quantitative estimate of drug-likeness (QED) is 0.536. The number of carbonyl (C=O) groups is 1. The van der Waals surface area contributed by atoms with Crippen LogP contribution in [0, 0.1) is 6.92 Å². The van der Waals surface area contributed by atoms with Gasteiger partial charge in [-0.15, -0.1) is 0 Å². The van der Waals surface area contributed by atoms with E-state index in [0.717, 1.165) is 27.8 Å². The van der Waals surface area contributed by atoms with Gasteiger partial charge in [0.2, 0.25) is 0 Å². The van der Waals surface area contributed by atoms with Crippen molar-refractivity contribution < 1.29 is 4.79 Å². The first-order valence-electron chi connectivity index (χ1n) is 7.50. The molecule has 0 unspecified atom stereocenters. The predicted molar refractivity (Wildman–Crippen MR) is 94.4 cm³/mol. The van der Waals surface area contributed by atoms with E-state index >= 15 is 0 Å². The lowest BCUT2D eigenvalue weighted by atomic mass is 10.1. The number of aryl methyl sites for hydroxylation is 1. The summed E-state index contributed by atoms with van der Waals surface area (Å²) in [5, 5.41) is 2.84. The summed E-state index contributed by atoms with van der Waals surface area (Å²) >= 11 is 1.26. The van der Waals surface area contributed by atoms with Gasteiger partial charge in [0.25, 0.3) is 11.5 Å². The monoisotopic (exact) mass is 333 g/mol. The first kappa shape index (κ1) is 13.4. The first-order valence-corrected chi connectivity index (χ1v) is 8.32. The number of para-hydroxylation sites is 2. The van der Waals surface area contributed by atoms with E-state index in [0.29, 0.717) is 15.1 Å². The molecular formula is C18H11N3O2S. The van der Waals surface area contributed by atoms with E-state index in [1.807, 2.05) is 49.4 Å². The predicted octanol–water partition coefficient (Wildman–Crippen LogP) is 2.09. The SMILES string of the molecule is Cc1ccc2c(c1)/C(=c1/sc3nc4ccccc4n3c1=O)C(=O)N2. The summed E-state index contributed by atoms with van der Waals surface area (Å²) in [6.07, 6.45) is 0. The number of rotatable bonds is 0. The average Bonchev–Trinajstić information content (AvgIpc) is 3.17. The molecule has 116 valence electrons. The Kier molecular flexibility index (Phi) is 2.53. The molecule has 1 aliphatic rings. The minimum Gasteiger partial charge on any atom is -0.321 e. The zero-order valence-electron chi connectivity index (χ0n) is 12.7. The van der Waals surface area contributed by atoms with Gasteiger partial charge in [-0.1, -0.05) is 35.1 Å². The number of anilines is 1. The molecule has 0 spiro atoms. The molecule has 3 heterocycles. The summed E-state index contributed by atoms with van der Waals surface area (Å²) in [6.45, 7) is 1.97. The van der Waals surface area contributed by atoms with Crippen molar-refractivity contribution >= 4 is 44.5 Å². The molecule has 2 aromatic heterocycles. The second kappa shape index (κ2) is 4.52. The van der Waals surface area contributed by atoms with Crippen LogP contribution in [0.5, 0.6) is 0 Å². The highest BCUT2D eigenvalue weighted by molar-refractivity contribution is 7.15. The van der Waals surface area contributed by atoms with Crippen molar-refractivity contribution in [3.05, 3.63) is 68.5 Å². The topological polar surface area (TPSA) is 63.5 Å². The van der Waals surface area contributed by atoms with Crippen LogP contribution >= 0.6 is 11.3 Å². The van der Waals surface area contributed by atoms with Crippen LogP contribution in [0.15, 0.2) is 47.3 Å². The molecule has 24 heavy (non-hydrogen) atoms. The van der Waals surface area contributed by atoms with Crippen LogP contribution < -0.4 is 15.4 Å². The molecular weight excluding hydrogens is 322 g/mol. The zero-order chi connectivity index (χ0) is 16.4. The van der Waals surface area contributed by atoms with Crippen LogP contribution in [0.3, 0.4) is 0 Å². The van der Waals surface area contributed by atoms with Crippen LogP contribution in [0.2, 0.25) is 0 Å². The van der Waals surface area contributed by atoms with Crippen molar-refractivity contribution in [1.82, 2.24) is 9.38 Å². The van der Waals surface area contributed by atoms with E-state index in [-0.39, 0.29) is 11.5 Å². The third-order valence-electron chi connectivity index (χ3n) is 4.27. The molecule has 0 bridgehead atoms. The number of thiazole rings is 1. The number of fused-ring (bicyclic) bond motifs is 4. The lowest BCUT2D eigenvalue weighted by molar-refractivity contribution is -0.110. The summed E-state index contributed by atoms with van der Waals surface area (Å²) in [4.78, 5) is 30.5. The highest BCUT2D eigenvalue weighted by Gasteiger charge is 2.27. The van der Waals surface area contributed by atoms with E-state index in [1.165, 1.54) is 11.3 Å². The molecule has 0 radical (unpaired) electrons. The van der Waals surface area contributed by atoms with Gasteiger partial charge in [0, 0.05) is 11.3 Å². The van der Waals surface area contributed by atoms with Gasteiger partial charge in [-0.2, -0.15) is 0 Å².